The molecule has 0 bridgehead atoms. The lowest BCUT2D eigenvalue weighted by Gasteiger charge is -2.34. The second-order valence-electron chi connectivity index (χ2n) is 7.29. The fourth-order valence-corrected chi connectivity index (χ4v) is 5.20. The van der Waals surface area contributed by atoms with E-state index in [0.29, 0.717) is 41.1 Å². The van der Waals surface area contributed by atoms with E-state index < -0.39 is 5.92 Å². The number of carbonyl (C=O) groups excluding carboxylic acids is 1. The van der Waals surface area contributed by atoms with Crippen LogP contribution >= 0.6 is 11.3 Å². The van der Waals surface area contributed by atoms with Crippen molar-refractivity contribution in [3.8, 4) is 11.5 Å². The lowest BCUT2D eigenvalue weighted by atomic mass is 9.74. The molecule has 1 aromatic carbocycles. The molecule has 0 saturated heterocycles. The molecule has 5 rings (SSSR count). The molecule has 7 nitrogen and oxygen atoms in total. The first-order chi connectivity index (χ1) is 14.1. The molecule has 0 spiro atoms. The van der Waals surface area contributed by atoms with Crippen LogP contribution in [0, 0.1) is 0 Å². The predicted molar refractivity (Wildman–Crippen MR) is 110 cm³/mol. The van der Waals surface area contributed by atoms with Gasteiger partial charge in [-0.2, -0.15) is 0 Å². The van der Waals surface area contributed by atoms with Gasteiger partial charge in [0.2, 0.25) is 0 Å². The Balaban J connectivity index is 1.65. The Morgan fingerprint density at radius 2 is 2.03 bits per heavy atom. The molecular weight excluding hydrogens is 390 g/mol. The van der Waals surface area contributed by atoms with Crippen LogP contribution < -0.4 is 15.6 Å². The highest BCUT2D eigenvalue weighted by atomic mass is 32.1. The molecule has 8 heteroatoms. The van der Waals surface area contributed by atoms with Crippen molar-refractivity contribution in [3.63, 3.8) is 0 Å². The lowest BCUT2D eigenvalue weighted by Crippen LogP contribution is -2.31. The van der Waals surface area contributed by atoms with E-state index in [1.54, 1.807) is 29.5 Å². The molecule has 2 unspecified atom stereocenters. The van der Waals surface area contributed by atoms with E-state index in [4.69, 9.17) is 4.74 Å². The number of ketones is 1. The van der Waals surface area contributed by atoms with E-state index in [-0.39, 0.29) is 23.0 Å². The van der Waals surface area contributed by atoms with Crippen molar-refractivity contribution in [3.05, 3.63) is 73.3 Å². The molecule has 29 heavy (non-hydrogen) atoms. The number of fused-ring (bicyclic) bond motifs is 1. The Hall–Kier alpha value is -3.26. The number of anilines is 1. The van der Waals surface area contributed by atoms with Gasteiger partial charge in [-0.05, 0) is 35.6 Å². The van der Waals surface area contributed by atoms with Crippen molar-refractivity contribution in [1.29, 1.82) is 0 Å². The third-order valence-corrected chi connectivity index (χ3v) is 6.69. The number of aromatic nitrogens is 2. The molecule has 0 radical (unpaired) electrons. The SMILES string of the molecule is COc1ccc(C2C3=C(CC(c4cccs4)CC3=O)Nc3[nH][nH]c(=O)c32)cc1O. The number of phenolic OH excluding ortho intramolecular Hbond substituents is 1. The van der Waals surface area contributed by atoms with Gasteiger partial charge in [0, 0.05) is 34.4 Å². The molecule has 2 atom stereocenters. The zero-order valence-corrected chi connectivity index (χ0v) is 16.4. The van der Waals surface area contributed by atoms with Crippen molar-refractivity contribution in [1.82, 2.24) is 10.2 Å². The van der Waals surface area contributed by atoms with Gasteiger partial charge in [-0.1, -0.05) is 12.1 Å². The molecule has 1 aliphatic carbocycles. The Morgan fingerprint density at radius 3 is 2.76 bits per heavy atom. The lowest BCUT2D eigenvalue weighted by molar-refractivity contribution is -0.116. The van der Waals surface area contributed by atoms with Gasteiger partial charge in [-0.15, -0.1) is 11.3 Å². The topological polar surface area (TPSA) is 107 Å². The summed E-state index contributed by atoms with van der Waals surface area (Å²) in [6, 6.07) is 9.05. The maximum atomic E-state index is 13.3. The summed E-state index contributed by atoms with van der Waals surface area (Å²) < 4.78 is 5.13. The summed E-state index contributed by atoms with van der Waals surface area (Å²) in [7, 11) is 1.48. The van der Waals surface area contributed by atoms with Crippen molar-refractivity contribution >= 4 is 22.9 Å². The van der Waals surface area contributed by atoms with Gasteiger partial charge in [-0.25, -0.2) is 0 Å². The normalized spacial score (nSPS) is 20.8. The fourth-order valence-electron chi connectivity index (χ4n) is 4.37. The van der Waals surface area contributed by atoms with Crippen LogP contribution in [0.2, 0.25) is 0 Å². The standard InChI is InChI=1S/C21H19N3O4S/c1-28-15-5-4-10(8-13(15)25)17-18-12(22-20-19(17)21(27)24-23-20)7-11(9-14(18)26)16-3-2-6-29-16/h2-6,8,11,17,25H,7,9H2,1H3,(H3,22,23,24,27). The highest BCUT2D eigenvalue weighted by molar-refractivity contribution is 7.10. The number of phenols is 1. The van der Waals surface area contributed by atoms with Crippen LogP contribution in [0.3, 0.4) is 0 Å². The minimum atomic E-state index is -0.551. The molecule has 0 fully saturated rings. The summed E-state index contributed by atoms with van der Waals surface area (Å²) in [6.07, 6.45) is 1.09. The van der Waals surface area contributed by atoms with Crippen molar-refractivity contribution in [2.45, 2.75) is 24.7 Å². The number of aromatic hydroxyl groups is 1. The number of Topliss-reactive ketones (excluding diaryl/α,β-unsaturated/α-hetero) is 1. The van der Waals surface area contributed by atoms with Crippen LogP contribution in [0.1, 0.15) is 40.7 Å². The van der Waals surface area contributed by atoms with Gasteiger partial charge in [0.05, 0.1) is 12.7 Å². The minimum absolute atomic E-state index is 0.0173. The van der Waals surface area contributed by atoms with Gasteiger partial charge in [-0.3, -0.25) is 19.8 Å². The van der Waals surface area contributed by atoms with Crippen LogP contribution in [0.15, 0.2) is 51.8 Å². The average Bonchev–Trinajstić information content (AvgIpc) is 3.37. The number of H-pyrrole nitrogens is 2. The van der Waals surface area contributed by atoms with E-state index in [9.17, 15) is 14.7 Å². The second-order valence-corrected chi connectivity index (χ2v) is 8.27. The number of thiophene rings is 1. The smallest absolute Gasteiger partial charge is 0.270 e. The molecule has 148 valence electrons. The molecule has 2 aliphatic rings. The Labute approximate surface area is 170 Å². The number of hydrogen-bond acceptors (Lipinski definition) is 6. The summed E-state index contributed by atoms with van der Waals surface area (Å²) >= 11 is 1.65. The van der Waals surface area contributed by atoms with E-state index in [1.165, 1.54) is 12.0 Å². The summed E-state index contributed by atoms with van der Waals surface area (Å²) in [6.45, 7) is 0. The number of aromatic amines is 2. The van der Waals surface area contributed by atoms with Gasteiger partial charge in [0.1, 0.15) is 5.82 Å². The number of carbonyl (C=O) groups is 1. The molecule has 2 aromatic heterocycles. The summed E-state index contributed by atoms with van der Waals surface area (Å²) in [4.78, 5) is 27.0. The Morgan fingerprint density at radius 1 is 1.17 bits per heavy atom. The van der Waals surface area contributed by atoms with Crippen LogP contribution in [0.5, 0.6) is 11.5 Å². The zero-order valence-electron chi connectivity index (χ0n) is 15.6. The van der Waals surface area contributed by atoms with E-state index in [1.807, 2.05) is 11.4 Å². The second kappa shape index (κ2) is 6.66. The van der Waals surface area contributed by atoms with E-state index in [2.05, 4.69) is 21.6 Å². The van der Waals surface area contributed by atoms with Gasteiger partial charge < -0.3 is 15.2 Å². The molecule has 3 aromatic rings. The van der Waals surface area contributed by atoms with Crippen LogP contribution in [-0.4, -0.2) is 28.2 Å². The number of hydrogen-bond donors (Lipinski definition) is 4. The molecule has 3 heterocycles. The number of ether oxygens (including phenoxy) is 1. The predicted octanol–water partition coefficient (Wildman–Crippen LogP) is 3.44. The van der Waals surface area contributed by atoms with Crippen LogP contribution in [0.4, 0.5) is 5.82 Å². The maximum absolute atomic E-state index is 13.3. The fraction of sp³-hybridized carbons (Fsp3) is 0.238. The third-order valence-electron chi connectivity index (χ3n) is 5.66. The number of allylic oxidation sites excluding steroid dienone is 2. The average molecular weight is 409 g/mol. The first kappa shape index (κ1) is 17.8. The summed E-state index contributed by atoms with van der Waals surface area (Å²) in [5.41, 5.74) is 2.26. The quantitative estimate of drug-likeness (QED) is 0.530. The number of benzene rings is 1. The highest BCUT2D eigenvalue weighted by Gasteiger charge is 2.40. The number of rotatable bonds is 3. The highest BCUT2D eigenvalue weighted by Crippen LogP contribution is 2.47. The summed E-state index contributed by atoms with van der Waals surface area (Å²) in [5, 5.41) is 21.1. The summed E-state index contributed by atoms with van der Waals surface area (Å²) in [5.74, 6) is 0.458. The molecule has 0 saturated carbocycles. The molecule has 0 amide bonds. The van der Waals surface area contributed by atoms with Crippen molar-refractivity contribution in [2.24, 2.45) is 0 Å². The van der Waals surface area contributed by atoms with Crippen molar-refractivity contribution in [2.75, 3.05) is 12.4 Å². The first-order valence-corrected chi connectivity index (χ1v) is 10.2. The zero-order chi connectivity index (χ0) is 20.1. The number of methoxy groups -OCH3 is 1. The minimum Gasteiger partial charge on any atom is -0.504 e. The largest absolute Gasteiger partial charge is 0.504 e. The van der Waals surface area contributed by atoms with E-state index >= 15 is 0 Å². The Kier molecular flexibility index (Phi) is 4.09. The van der Waals surface area contributed by atoms with Crippen LogP contribution in [0.25, 0.3) is 0 Å². The monoisotopic (exact) mass is 409 g/mol. The molecule has 1 aliphatic heterocycles. The maximum Gasteiger partial charge on any atom is 0.270 e. The number of nitrogens with one attached hydrogen (secondary N) is 3. The molecular formula is C21H19N3O4S. The molecule has 4 N–H and O–H groups in total. The van der Waals surface area contributed by atoms with Gasteiger partial charge in [0.15, 0.2) is 17.3 Å². The van der Waals surface area contributed by atoms with Gasteiger partial charge >= 0.3 is 0 Å². The van der Waals surface area contributed by atoms with E-state index in [0.717, 1.165) is 5.70 Å². The first-order valence-electron chi connectivity index (χ1n) is 9.31. The third kappa shape index (κ3) is 2.79. The Bertz CT molecular complexity index is 1190. The van der Waals surface area contributed by atoms with Gasteiger partial charge in [0.25, 0.3) is 5.56 Å². The van der Waals surface area contributed by atoms with Crippen molar-refractivity contribution < 1.29 is 14.6 Å². The van der Waals surface area contributed by atoms with Crippen LogP contribution in [-0.2, 0) is 4.79 Å².